The number of hydrogen-bond acceptors (Lipinski definition) is 4. The first-order chi connectivity index (χ1) is 7.11. The standard InChI is InChI=1S/C11H19N3O/c1-8(4-5-15)7-12-11-6-9(2)13-10(3)14-11/h6,8,15H,4-5,7H2,1-3H3,(H,12,13,14). The average Bonchev–Trinajstić information content (AvgIpc) is 2.14. The van der Waals surface area contributed by atoms with Crippen molar-refractivity contribution in [2.75, 3.05) is 18.5 Å². The second kappa shape index (κ2) is 5.66. The van der Waals surface area contributed by atoms with Gasteiger partial charge in [-0.05, 0) is 26.2 Å². The lowest BCUT2D eigenvalue weighted by Crippen LogP contribution is -2.14. The molecule has 0 fully saturated rings. The van der Waals surface area contributed by atoms with Gasteiger partial charge in [0.05, 0.1) is 0 Å². The van der Waals surface area contributed by atoms with E-state index in [1.807, 2.05) is 19.9 Å². The number of aryl methyl sites for hydroxylation is 2. The second-order valence-corrected chi connectivity index (χ2v) is 3.94. The summed E-state index contributed by atoms with van der Waals surface area (Å²) < 4.78 is 0. The number of hydrogen-bond donors (Lipinski definition) is 2. The summed E-state index contributed by atoms with van der Waals surface area (Å²) in [5.41, 5.74) is 0.972. The molecular weight excluding hydrogens is 190 g/mol. The minimum Gasteiger partial charge on any atom is -0.396 e. The summed E-state index contributed by atoms with van der Waals surface area (Å²) in [6, 6.07) is 1.93. The molecule has 0 radical (unpaired) electrons. The van der Waals surface area contributed by atoms with Gasteiger partial charge in [0.15, 0.2) is 0 Å². The predicted molar refractivity (Wildman–Crippen MR) is 60.9 cm³/mol. The highest BCUT2D eigenvalue weighted by molar-refractivity contribution is 5.35. The van der Waals surface area contributed by atoms with Crippen molar-refractivity contribution in [1.82, 2.24) is 9.97 Å². The summed E-state index contributed by atoms with van der Waals surface area (Å²) in [6.07, 6.45) is 0.816. The molecule has 0 spiro atoms. The van der Waals surface area contributed by atoms with Gasteiger partial charge in [-0.15, -0.1) is 0 Å². The van der Waals surface area contributed by atoms with E-state index in [2.05, 4.69) is 22.2 Å². The molecule has 1 aromatic rings. The molecule has 0 aliphatic heterocycles. The zero-order valence-corrected chi connectivity index (χ0v) is 9.62. The zero-order valence-electron chi connectivity index (χ0n) is 9.62. The lowest BCUT2D eigenvalue weighted by atomic mass is 10.1. The predicted octanol–water partition coefficient (Wildman–Crippen LogP) is 1.52. The SMILES string of the molecule is Cc1cc(NCC(C)CCO)nc(C)n1. The van der Waals surface area contributed by atoms with Gasteiger partial charge in [-0.2, -0.15) is 0 Å². The monoisotopic (exact) mass is 209 g/mol. The zero-order chi connectivity index (χ0) is 11.3. The molecule has 0 saturated heterocycles. The molecule has 0 amide bonds. The van der Waals surface area contributed by atoms with Crippen LogP contribution in [0.3, 0.4) is 0 Å². The quantitative estimate of drug-likeness (QED) is 0.772. The van der Waals surface area contributed by atoms with E-state index in [0.29, 0.717) is 5.92 Å². The van der Waals surface area contributed by atoms with Crippen molar-refractivity contribution in [3.63, 3.8) is 0 Å². The maximum atomic E-state index is 8.77. The first kappa shape index (κ1) is 11.9. The van der Waals surface area contributed by atoms with Crippen molar-refractivity contribution in [2.24, 2.45) is 5.92 Å². The minimum absolute atomic E-state index is 0.241. The van der Waals surface area contributed by atoms with E-state index in [9.17, 15) is 0 Å². The number of nitrogens with zero attached hydrogens (tertiary/aromatic N) is 2. The molecule has 4 nitrogen and oxygen atoms in total. The highest BCUT2D eigenvalue weighted by atomic mass is 16.3. The van der Waals surface area contributed by atoms with Crippen molar-refractivity contribution in [3.05, 3.63) is 17.6 Å². The van der Waals surface area contributed by atoms with Crippen molar-refractivity contribution < 1.29 is 5.11 Å². The van der Waals surface area contributed by atoms with E-state index in [4.69, 9.17) is 5.11 Å². The Labute approximate surface area is 90.8 Å². The van der Waals surface area contributed by atoms with Crippen LogP contribution < -0.4 is 5.32 Å². The minimum atomic E-state index is 0.241. The topological polar surface area (TPSA) is 58.0 Å². The van der Waals surface area contributed by atoms with Gasteiger partial charge in [0.25, 0.3) is 0 Å². The molecule has 2 N–H and O–H groups in total. The Hall–Kier alpha value is -1.16. The van der Waals surface area contributed by atoms with E-state index in [1.54, 1.807) is 0 Å². The summed E-state index contributed by atoms with van der Waals surface area (Å²) >= 11 is 0. The van der Waals surface area contributed by atoms with Crippen LogP contribution >= 0.6 is 0 Å². The molecule has 0 aliphatic rings. The van der Waals surface area contributed by atoms with E-state index in [0.717, 1.165) is 30.3 Å². The van der Waals surface area contributed by atoms with Gasteiger partial charge >= 0.3 is 0 Å². The van der Waals surface area contributed by atoms with Crippen LogP contribution in [0.2, 0.25) is 0 Å². The average molecular weight is 209 g/mol. The van der Waals surface area contributed by atoms with Gasteiger partial charge in [0, 0.05) is 24.9 Å². The van der Waals surface area contributed by atoms with Crippen LogP contribution in [0.4, 0.5) is 5.82 Å². The summed E-state index contributed by atoms with van der Waals surface area (Å²) in [5.74, 6) is 2.10. The molecule has 0 aromatic carbocycles. The summed E-state index contributed by atoms with van der Waals surface area (Å²) in [7, 11) is 0. The fraction of sp³-hybridized carbons (Fsp3) is 0.636. The fourth-order valence-electron chi connectivity index (χ4n) is 1.41. The molecule has 1 heterocycles. The first-order valence-electron chi connectivity index (χ1n) is 5.29. The third kappa shape index (κ3) is 4.25. The highest BCUT2D eigenvalue weighted by Crippen LogP contribution is 2.08. The van der Waals surface area contributed by atoms with E-state index in [1.165, 1.54) is 0 Å². The number of aliphatic hydroxyl groups is 1. The Kier molecular flexibility index (Phi) is 4.49. The molecule has 1 rings (SSSR count). The van der Waals surface area contributed by atoms with Crippen molar-refractivity contribution >= 4 is 5.82 Å². The normalized spacial score (nSPS) is 12.5. The molecule has 0 saturated carbocycles. The molecule has 4 heteroatoms. The van der Waals surface area contributed by atoms with Gasteiger partial charge in [-0.3, -0.25) is 0 Å². The van der Waals surface area contributed by atoms with Crippen LogP contribution in [0.25, 0.3) is 0 Å². The summed E-state index contributed by atoms with van der Waals surface area (Å²) in [5, 5.41) is 12.0. The first-order valence-corrected chi connectivity index (χ1v) is 5.29. The van der Waals surface area contributed by atoms with Crippen LogP contribution in [0.15, 0.2) is 6.07 Å². The maximum absolute atomic E-state index is 8.77. The van der Waals surface area contributed by atoms with Crippen LogP contribution in [0, 0.1) is 19.8 Å². The maximum Gasteiger partial charge on any atom is 0.129 e. The van der Waals surface area contributed by atoms with Gasteiger partial charge in [0.2, 0.25) is 0 Å². The number of aromatic nitrogens is 2. The Morgan fingerprint density at radius 3 is 2.73 bits per heavy atom. The highest BCUT2D eigenvalue weighted by Gasteiger charge is 2.02. The number of rotatable bonds is 5. The fourth-order valence-corrected chi connectivity index (χ4v) is 1.41. The van der Waals surface area contributed by atoms with Crippen LogP contribution in [0.1, 0.15) is 24.9 Å². The van der Waals surface area contributed by atoms with Crippen molar-refractivity contribution in [1.29, 1.82) is 0 Å². The Balaban J connectivity index is 2.50. The van der Waals surface area contributed by atoms with Crippen molar-refractivity contribution in [2.45, 2.75) is 27.2 Å². The molecule has 84 valence electrons. The molecule has 1 unspecified atom stereocenters. The largest absolute Gasteiger partial charge is 0.396 e. The van der Waals surface area contributed by atoms with Crippen LogP contribution in [-0.2, 0) is 0 Å². The summed E-state index contributed by atoms with van der Waals surface area (Å²) in [4.78, 5) is 8.49. The molecule has 0 aliphatic carbocycles. The number of aliphatic hydroxyl groups excluding tert-OH is 1. The molecule has 15 heavy (non-hydrogen) atoms. The van der Waals surface area contributed by atoms with E-state index < -0.39 is 0 Å². The lowest BCUT2D eigenvalue weighted by molar-refractivity contribution is 0.266. The van der Waals surface area contributed by atoms with Crippen molar-refractivity contribution in [3.8, 4) is 0 Å². The summed E-state index contributed by atoms with van der Waals surface area (Å²) in [6.45, 7) is 7.01. The lowest BCUT2D eigenvalue weighted by Gasteiger charge is -2.12. The Bertz CT molecular complexity index is 294. The Morgan fingerprint density at radius 1 is 1.40 bits per heavy atom. The van der Waals surface area contributed by atoms with Gasteiger partial charge in [-0.1, -0.05) is 6.92 Å². The van der Waals surface area contributed by atoms with Gasteiger partial charge in [-0.25, -0.2) is 9.97 Å². The number of anilines is 1. The molecular formula is C11H19N3O. The number of nitrogens with one attached hydrogen (secondary N) is 1. The van der Waals surface area contributed by atoms with Crippen LogP contribution in [0.5, 0.6) is 0 Å². The third-order valence-corrected chi connectivity index (χ3v) is 2.22. The third-order valence-electron chi connectivity index (χ3n) is 2.22. The molecule has 0 bridgehead atoms. The molecule has 1 aromatic heterocycles. The van der Waals surface area contributed by atoms with E-state index in [-0.39, 0.29) is 6.61 Å². The molecule has 1 atom stereocenters. The Morgan fingerprint density at radius 2 is 2.13 bits per heavy atom. The van der Waals surface area contributed by atoms with Gasteiger partial charge in [0.1, 0.15) is 11.6 Å². The smallest absolute Gasteiger partial charge is 0.129 e. The second-order valence-electron chi connectivity index (χ2n) is 3.94. The van der Waals surface area contributed by atoms with E-state index >= 15 is 0 Å². The van der Waals surface area contributed by atoms with Crippen LogP contribution in [-0.4, -0.2) is 28.2 Å². The van der Waals surface area contributed by atoms with Gasteiger partial charge < -0.3 is 10.4 Å².